The second-order valence-corrected chi connectivity index (χ2v) is 34.5. The maximum absolute atomic E-state index is 6.35. The summed E-state index contributed by atoms with van der Waals surface area (Å²) < 4.78 is 22.7. The summed E-state index contributed by atoms with van der Waals surface area (Å²) in [6.07, 6.45) is 10.9. The Balaban J connectivity index is 0.000000105. The molecule has 12 aromatic heterocycles. The van der Waals surface area contributed by atoms with Gasteiger partial charge < -0.3 is 18.1 Å². The van der Waals surface area contributed by atoms with E-state index in [-0.39, 0.29) is 0 Å². The van der Waals surface area contributed by atoms with Crippen molar-refractivity contribution in [3.8, 4) is 102 Å². The van der Waals surface area contributed by atoms with Gasteiger partial charge in [0.15, 0.2) is 0 Å². The second kappa shape index (κ2) is 32.0. The molecule has 0 N–H and O–H groups in total. The normalized spacial score (nSPS) is 11.7. The molecule has 0 fully saturated rings. The SMILES string of the molecule is c1ccc(-c2cc3c(nc(-c4ccccc4)n3-c3ccccc3)c3c4ccccc4n(-c4ccccc4)c23)cc1.c1ccc(-n2c(-c3ccncc3)nc3c4c5ccccc5n(-c5ccc(-c6cccc7c6oc6ccccc67)cc5)c4ccc32)nc1.c1ccc(-n2c(-c3ccncc3)nc3c4c5ccccc5n(-c5ccc(-c6cccc7c6sc6ccccc67)cc5)c4ccc32)nc1. The highest BCUT2D eigenvalue weighted by Crippen LogP contribution is 2.48. The molecule has 0 atom stereocenters. The highest BCUT2D eigenvalue weighted by atomic mass is 32.1. The Labute approximate surface area is 771 Å². The zero-order chi connectivity index (χ0) is 88.3. The number of furan rings is 1. The van der Waals surface area contributed by atoms with Crippen molar-refractivity contribution in [2.45, 2.75) is 0 Å². The predicted octanol–water partition coefficient (Wildman–Crippen LogP) is 30.2. The van der Waals surface area contributed by atoms with Gasteiger partial charge in [-0.3, -0.25) is 23.7 Å². The van der Waals surface area contributed by atoms with Crippen molar-refractivity contribution >= 4 is 152 Å². The van der Waals surface area contributed by atoms with Gasteiger partial charge in [-0.1, -0.05) is 261 Å². The van der Waals surface area contributed by atoms with Crippen molar-refractivity contribution in [2.75, 3.05) is 0 Å². The predicted molar refractivity (Wildman–Crippen MR) is 550 cm³/mol. The Morgan fingerprint density at radius 1 is 0.224 bits per heavy atom. The van der Waals surface area contributed by atoms with Crippen LogP contribution < -0.4 is 0 Å². The molecule has 12 heterocycles. The summed E-state index contributed by atoms with van der Waals surface area (Å²) in [6.45, 7) is 0. The lowest BCUT2D eigenvalue weighted by Crippen LogP contribution is -1.99. The standard InChI is InChI=1S/C41H25N5O.C41H25N5S.C37H25N3/c2*1-3-12-33-32(9-1)38-34(19-20-35-39(38)44-41(27-21-24-42-25-22-27)46(35)37-14-5-6-23-43-37)45(33)28-17-15-26(16-18-28)29-10-7-11-31-30-8-2-4-13-36(30)47-40(29)31;1-5-15-26(16-6-1)31-25-33-35(38-37(27-17-7-2-8-18-27)40(33)29-21-11-4-12-22-29)34-30-23-13-14-24-32(30)39(36(31)34)28-19-9-3-10-20-28/h2*1-25H;1-25H. The third-order valence-electron chi connectivity index (χ3n) is 25.9. The summed E-state index contributed by atoms with van der Waals surface area (Å²) in [4.78, 5) is 34.0. The Morgan fingerprint density at radius 3 is 1.16 bits per heavy atom. The molecular formula is C119H75N13OS. The number of rotatable bonds is 12. The Bertz CT molecular complexity index is 9010. The van der Waals surface area contributed by atoms with Crippen LogP contribution in [0.3, 0.4) is 0 Å². The van der Waals surface area contributed by atoms with Crippen LogP contribution in [0, 0.1) is 0 Å². The van der Waals surface area contributed by atoms with Gasteiger partial charge in [0.1, 0.15) is 40.3 Å². The molecule has 0 spiro atoms. The number of hydrogen-bond acceptors (Lipinski definition) is 9. The van der Waals surface area contributed by atoms with Crippen molar-refractivity contribution in [3.63, 3.8) is 0 Å². The molecule has 0 saturated heterocycles. The molecule has 28 aromatic rings. The number of pyridine rings is 4. The van der Waals surface area contributed by atoms with Crippen LogP contribution in [0.4, 0.5) is 0 Å². The van der Waals surface area contributed by atoms with E-state index in [0.717, 1.165) is 173 Å². The quantitative estimate of drug-likeness (QED) is 0.118. The van der Waals surface area contributed by atoms with E-state index in [1.807, 2.05) is 109 Å². The van der Waals surface area contributed by atoms with Crippen LogP contribution in [0.1, 0.15) is 0 Å². The van der Waals surface area contributed by atoms with Crippen LogP contribution in [0.25, 0.3) is 243 Å². The fourth-order valence-corrected chi connectivity index (χ4v) is 21.3. The fourth-order valence-electron chi connectivity index (χ4n) is 20.1. The van der Waals surface area contributed by atoms with Gasteiger partial charge in [-0.2, -0.15) is 0 Å². The third-order valence-corrected chi connectivity index (χ3v) is 27.2. The van der Waals surface area contributed by atoms with E-state index in [9.17, 15) is 0 Å². The van der Waals surface area contributed by atoms with Crippen molar-refractivity contribution < 1.29 is 4.42 Å². The topological polar surface area (TPSA) is 133 Å². The number of para-hydroxylation sites is 7. The molecule has 0 amide bonds. The molecule has 0 radical (unpaired) electrons. The maximum Gasteiger partial charge on any atom is 0.147 e. The molecule has 15 heteroatoms. The van der Waals surface area contributed by atoms with Crippen molar-refractivity contribution in [1.82, 2.24) is 62.3 Å². The minimum Gasteiger partial charge on any atom is -0.455 e. The number of benzene rings is 16. The lowest BCUT2D eigenvalue weighted by Gasteiger charge is -2.14. The largest absolute Gasteiger partial charge is 0.455 e. The van der Waals surface area contributed by atoms with E-state index < -0.39 is 0 Å². The van der Waals surface area contributed by atoms with Crippen LogP contribution in [0.5, 0.6) is 0 Å². The highest BCUT2D eigenvalue weighted by Gasteiger charge is 2.29. The average Bonchev–Trinajstić information content (AvgIpc) is 1.52. The van der Waals surface area contributed by atoms with Gasteiger partial charge in [-0.05, 0) is 180 Å². The molecule has 0 bridgehead atoms. The number of aromatic nitrogens is 13. The van der Waals surface area contributed by atoms with E-state index >= 15 is 0 Å². The lowest BCUT2D eigenvalue weighted by molar-refractivity contribution is 0.670. The number of hydrogen-bond donors (Lipinski definition) is 0. The molecule has 0 unspecified atom stereocenters. The summed E-state index contributed by atoms with van der Waals surface area (Å²) in [5.41, 5.74) is 29.1. The van der Waals surface area contributed by atoms with Gasteiger partial charge in [-0.15, -0.1) is 11.3 Å². The zero-order valence-electron chi connectivity index (χ0n) is 71.9. The van der Waals surface area contributed by atoms with Gasteiger partial charge >= 0.3 is 0 Å². The van der Waals surface area contributed by atoms with Crippen molar-refractivity contribution in [3.05, 3.63) is 456 Å². The van der Waals surface area contributed by atoms with Crippen LogP contribution in [-0.4, -0.2) is 62.3 Å². The first kappa shape index (κ1) is 77.1. The molecule has 134 heavy (non-hydrogen) atoms. The van der Waals surface area contributed by atoms with E-state index in [2.05, 4.69) is 383 Å². The number of nitrogens with zero attached hydrogens (tertiary/aromatic N) is 13. The molecule has 28 rings (SSSR count). The second-order valence-electron chi connectivity index (χ2n) is 33.4. The fraction of sp³-hybridized carbons (Fsp3) is 0. The number of imidazole rings is 3. The van der Waals surface area contributed by atoms with E-state index in [4.69, 9.17) is 29.3 Å². The minimum absolute atomic E-state index is 0.819. The third kappa shape index (κ3) is 12.7. The first-order valence-corrected chi connectivity index (χ1v) is 45.6. The first-order chi connectivity index (χ1) is 66.5. The van der Waals surface area contributed by atoms with Gasteiger partial charge in [0, 0.05) is 151 Å². The van der Waals surface area contributed by atoms with Gasteiger partial charge in [-0.25, -0.2) is 24.9 Å². The average molecular weight is 1740 g/mol. The molecular weight excluding hydrogens is 1660 g/mol. The molecule has 16 aromatic carbocycles. The molecule has 0 aliphatic carbocycles. The smallest absolute Gasteiger partial charge is 0.147 e. The van der Waals surface area contributed by atoms with Gasteiger partial charge in [0.25, 0.3) is 0 Å². The number of fused-ring (bicyclic) bond motifs is 21. The Morgan fingerprint density at radius 2 is 0.619 bits per heavy atom. The molecule has 0 aliphatic heterocycles. The Kier molecular flexibility index (Phi) is 18.4. The lowest BCUT2D eigenvalue weighted by atomic mass is 10.0. The van der Waals surface area contributed by atoms with Gasteiger partial charge in [0.2, 0.25) is 0 Å². The maximum atomic E-state index is 6.35. The molecule has 0 aliphatic rings. The summed E-state index contributed by atoms with van der Waals surface area (Å²) in [5, 5.41) is 11.8. The van der Waals surface area contributed by atoms with Crippen LogP contribution >= 0.6 is 11.3 Å². The minimum atomic E-state index is 0.819. The summed E-state index contributed by atoms with van der Waals surface area (Å²) in [5.74, 6) is 4.25. The molecule has 14 nitrogen and oxygen atoms in total. The van der Waals surface area contributed by atoms with Crippen molar-refractivity contribution in [2.24, 2.45) is 0 Å². The zero-order valence-corrected chi connectivity index (χ0v) is 72.7. The summed E-state index contributed by atoms with van der Waals surface area (Å²) in [7, 11) is 0. The summed E-state index contributed by atoms with van der Waals surface area (Å²) >= 11 is 1.87. The molecule has 628 valence electrons. The van der Waals surface area contributed by atoms with E-state index in [0.29, 0.717) is 0 Å². The van der Waals surface area contributed by atoms with Crippen LogP contribution in [0.2, 0.25) is 0 Å². The van der Waals surface area contributed by atoms with E-state index in [1.165, 1.54) is 69.6 Å². The summed E-state index contributed by atoms with van der Waals surface area (Å²) in [6, 6.07) is 147. The first-order valence-electron chi connectivity index (χ1n) is 44.8. The monoisotopic (exact) mass is 1730 g/mol. The molecule has 0 saturated carbocycles. The van der Waals surface area contributed by atoms with Gasteiger partial charge in [0.05, 0.1) is 66.2 Å². The Hall–Kier alpha value is -18.1. The van der Waals surface area contributed by atoms with E-state index in [1.54, 1.807) is 12.4 Å². The highest BCUT2D eigenvalue weighted by molar-refractivity contribution is 7.26. The van der Waals surface area contributed by atoms with Crippen LogP contribution in [-0.2, 0) is 0 Å². The number of thiophene rings is 1. The van der Waals surface area contributed by atoms with Crippen molar-refractivity contribution in [1.29, 1.82) is 0 Å². The van der Waals surface area contributed by atoms with Crippen LogP contribution in [0.15, 0.2) is 460 Å².